The fourth-order valence-electron chi connectivity index (χ4n) is 2.45. The quantitative estimate of drug-likeness (QED) is 0.862. The summed E-state index contributed by atoms with van der Waals surface area (Å²) in [5.41, 5.74) is 1.62. The van der Waals surface area contributed by atoms with Crippen molar-refractivity contribution in [1.29, 1.82) is 0 Å². The molecule has 2 N–H and O–H groups in total. The second kappa shape index (κ2) is 5.12. The smallest absolute Gasteiger partial charge is 0.224 e. The molecule has 1 aliphatic carbocycles. The zero-order valence-electron chi connectivity index (χ0n) is 11.9. The Kier molecular flexibility index (Phi) is 3.73. The Labute approximate surface area is 110 Å². The lowest BCUT2D eigenvalue weighted by Gasteiger charge is -2.35. The minimum Gasteiger partial charge on any atom is -0.367 e. The molecule has 0 bridgehead atoms. The number of aromatic nitrogens is 2. The van der Waals surface area contributed by atoms with Gasteiger partial charge < -0.3 is 10.6 Å². The van der Waals surface area contributed by atoms with Crippen molar-refractivity contribution in [3.8, 4) is 0 Å². The van der Waals surface area contributed by atoms with Crippen molar-refractivity contribution >= 4 is 11.8 Å². The molecular weight excluding hydrogens is 224 g/mol. The van der Waals surface area contributed by atoms with Crippen LogP contribution in [-0.2, 0) is 0 Å². The maximum Gasteiger partial charge on any atom is 0.224 e. The Morgan fingerprint density at radius 3 is 2.56 bits per heavy atom. The van der Waals surface area contributed by atoms with E-state index >= 15 is 0 Å². The van der Waals surface area contributed by atoms with Crippen molar-refractivity contribution in [2.45, 2.75) is 52.5 Å². The second-order valence-electron chi connectivity index (χ2n) is 6.06. The summed E-state index contributed by atoms with van der Waals surface area (Å²) in [7, 11) is 1.84. The van der Waals surface area contributed by atoms with E-state index in [1.54, 1.807) is 0 Å². The zero-order valence-corrected chi connectivity index (χ0v) is 11.9. The number of nitrogens with zero attached hydrogens (tertiary/aromatic N) is 2. The van der Waals surface area contributed by atoms with Crippen LogP contribution in [0.25, 0.3) is 0 Å². The number of rotatable bonds is 3. The first-order valence-electron chi connectivity index (χ1n) is 6.78. The summed E-state index contributed by atoms with van der Waals surface area (Å²) in [5.74, 6) is 1.65. The summed E-state index contributed by atoms with van der Waals surface area (Å²) in [5, 5.41) is 6.55. The number of hydrogen-bond acceptors (Lipinski definition) is 4. The van der Waals surface area contributed by atoms with Crippen LogP contribution >= 0.6 is 0 Å². The molecule has 0 saturated heterocycles. The summed E-state index contributed by atoms with van der Waals surface area (Å²) in [6.07, 6.45) is 6.89. The second-order valence-corrected chi connectivity index (χ2v) is 6.06. The Hall–Kier alpha value is -1.32. The minimum absolute atomic E-state index is 0.509. The van der Waals surface area contributed by atoms with Gasteiger partial charge in [-0.15, -0.1) is 0 Å². The van der Waals surface area contributed by atoms with E-state index in [9.17, 15) is 0 Å². The molecular formula is C14H24N4. The molecule has 1 aliphatic rings. The molecule has 0 aromatic carbocycles. The van der Waals surface area contributed by atoms with E-state index in [0.29, 0.717) is 17.4 Å². The van der Waals surface area contributed by atoms with Gasteiger partial charge in [0.25, 0.3) is 0 Å². The first kappa shape index (κ1) is 13.1. The molecule has 2 rings (SSSR count). The van der Waals surface area contributed by atoms with E-state index in [1.165, 1.54) is 25.7 Å². The van der Waals surface area contributed by atoms with Crippen molar-refractivity contribution in [3.05, 3.63) is 11.8 Å². The van der Waals surface area contributed by atoms with Gasteiger partial charge in [0, 0.05) is 24.8 Å². The Morgan fingerprint density at radius 1 is 1.28 bits per heavy atom. The van der Waals surface area contributed by atoms with Gasteiger partial charge in [-0.1, -0.05) is 13.8 Å². The number of anilines is 2. The van der Waals surface area contributed by atoms with Gasteiger partial charge in [-0.3, -0.25) is 0 Å². The van der Waals surface area contributed by atoms with Crippen LogP contribution < -0.4 is 10.6 Å². The molecule has 0 atom stereocenters. The third-order valence-electron chi connectivity index (χ3n) is 3.88. The van der Waals surface area contributed by atoms with E-state index in [4.69, 9.17) is 0 Å². The van der Waals surface area contributed by atoms with Gasteiger partial charge in [0.05, 0.1) is 0 Å². The highest BCUT2D eigenvalue weighted by molar-refractivity contribution is 5.46. The van der Waals surface area contributed by atoms with Gasteiger partial charge in [-0.25, -0.2) is 4.98 Å². The number of aryl methyl sites for hydroxylation is 1. The van der Waals surface area contributed by atoms with Gasteiger partial charge in [-0.05, 0) is 38.0 Å². The molecule has 0 aliphatic heterocycles. The van der Waals surface area contributed by atoms with Crippen LogP contribution in [0.1, 0.15) is 45.1 Å². The van der Waals surface area contributed by atoms with Crippen LogP contribution in [0.2, 0.25) is 0 Å². The standard InChI is InChI=1S/C14H24N4/c1-10-9-16-13(15-4)18-12(10)17-11-5-7-14(2,3)8-6-11/h9,11H,5-8H2,1-4H3,(H2,15,16,17,18). The average Bonchev–Trinajstić information content (AvgIpc) is 2.34. The van der Waals surface area contributed by atoms with E-state index in [-0.39, 0.29) is 0 Å². The van der Waals surface area contributed by atoms with Crippen LogP contribution in [0.15, 0.2) is 6.20 Å². The third-order valence-corrected chi connectivity index (χ3v) is 3.88. The van der Waals surface area contributed by atoms with Crippen molar-refractivity contribution < 1.29 is 0 Å². The van der Waals surface area contributed by atoms with E-state index in [1.807, 2.05) is 13.2 Å². The molecule has 1 fully saturated rings. The lowest BCUT2D eigenvalue weighted by molar-refractivity contribution is 0.232. The highest BCUT2D eigenvalue weighted by Crippen LogP contribution is 2.36. The number of hydrogen-bond donors (Lipinski definition) is 2. The summed E-state index contributed by atoms with van der Waals surface area (Å²) in [6.45, 7) is 6.77. The van der Waals surface area contributed by atoms with Gasteiger partial charge in [0.15, 0.2) is 0 Å². The van der Waals surface area contributed by atoms with E-state index in [2.05, 4.69) is 41.4 Å². The molecule has 0 amide bonds. The first-order valence-corrected chi connectivity index (χ1v) is 6.78. The van der Waals surface area contributed by atoms with Crippen LogP contribution in [0, 0.1) is 12.3 Å². The van der Waals surface area contributed by atoms with Crippen molar-refractivity contribution in [2.75, 3.05) is 17.7 Å². The highest BCUT2D eigenvalue weighted by Gasteiger charge is 2.27. The predicted molar refractivity (Wildman–Crippen MR) is 76.0 cm³/mol. The van der Waals surface area contributed by atoms with Crippen LogP contribution in [0.5, 0.6) is 0 Å². The van der Waals surface area contributed by atoms with Gasteiger partial charge in [0.1, 0.15) is 5.82 Å². The van der Waals surface area contributed by atoms with Crippen LogP contribution in [0.4, 0.5) is 11.8 Å². The lowest BCUT2D eigenvalue weighted by atomic mass is 9.75. The summed E-state index contributed by atoms with van der Waals surface area (Å²) >= 11 is 0. The van der Waals surface area contributed by atoms with Crippen LogP contribution in [-0.4, -0.2) is 23.1 Å². The molecule has 1 aromatic heterocycles. The Balaban J connectivity index is 2.01. The number of nitrogens with one attached hydrogen (secondary N) is 2. The maximum absolute atomic E-state index is 4.49. The van der Waals surface area contributed by atoms with Gasteiger partial charge >= 0.3 is 0 Å². The SMILES string of the molecule is CNc1ncc(C)c(NC2CCC(C)(C)CC2)n1. The molecule has 4 heteroatoms. The van der Waals surface area contributed by atoms with Gasteiger partial charge in [-0.2, -0.15) is 4.98 Å². The first-order chi connectivity index (χ1) is 8.50. The maximum atomic E-state index is 4.49. The lowest BCUT2D eigenvalue weighted by Crippen LogP contribution is -2.30. The highest BCUT2D eigenvalue weighted by atomic mass is 15.1. The van der Waals surface area contributed by atoms with Crippen molar-refractivity contribution in [2.24, 2.45) is 5.41 Å². The molecule has 0 radical (unpaired) electrons. The zero-order chi connectivity index (χ0) is 13.2. The monoisotopic (exact) mass is 248 g/mol. The predicted octanol–water partition coefficient (Wildman–Crippen LogP) is 3.21. The fourth-order valence-corrected chi connectivity index (χ4v) is 2.45. The molecule has 1 saturated carbocycles. The van der Waals surface area contributed by atoms with E-state index in [0.717, 1.165) is 11.4 Å². The van der Waals surface area contributed by atoms with Crippen molar-refractivity contribution in [3.63, 3.8) is 0 Å². The van der Waals surface area contributed by atoms with E-state index < -0.39 is 0 Å². The molecule has 18 heavy (non-hydrogen) atoms. The molecule has 4 nitrogen and oxygen atoms in total. The Bertz CT molecular complexity index is 404. The molecule has 0 unspecified atom stereocenters. The molecule has 0 spiro atoms. The molecule has 1 aromatic rings. The molecule has 100 valence electrons. The van der Waals surface area contributed by atoms with Crippen molar-refractivity contribution in [1.82, 2.24) is 9.97 Å². The minimum atomic E-state index is 0.509. The summed E-state index contributed by atoms with van der Waals surface area (Å²) in [6, 6.07) is 0.552. The topological polar surface area (TPSA) is 49.8 Å². The fraction of sp³-hybridized carbons (Fsp3) is 0.714. The third kappa shape index (κ3) is 3.12. The largest absolute Gasteiger partial charge is 0.367 e. The average molecular weight is 248 g/mol. The summed E-state index contributed by atoms with van der Waals surface area (Å²) in [4.78, 5) is 8.70. The van der Waals surface area contributed by atoms with Crippen LogP contribution in [0.3, 0.4) is 0 Å². The molecule has 1 heterocycles. The van der Waals surface area contributed by atoms with Gasteiger partial charge in [0.2, 0.25) is 5.95 Å². The Morgan fingerprint density at radius 2 is 1.94 bits per heavy atom. The summed E-state index contributed by atoms with van der Waals surface area (Å²) < 4.78 is 0. The normalized spacial score (nSPS) is 19.6.